The molecule has 0 aliphatic carbocycles. The molecule has 0 aromatic carbocycles. The smallest absolute Gasteiger partial charge is 0.255 e. The Balaban J connectivity index is 2.09. The molecule has 1 atom stereocenters. The molecule has 0 spiro atoms. The van der Waals surface area contributed by atoms with Gasteiger partial charge in [-0.15, -0.1) is 0 Å². The Morgan fingerprint density at radius 2 is 2.32 bits per heavy atom. The van der Waals surface area contributed by atoms with Gasteiger partial charge in [0.2, 0.25) is 0 Å². The van der Waals surface area contributed by atoms with Gasteiger partial charge in [-0.25, -0.2) is 13.8 Å². The third-order valence-electron chi connectivity index (χ3n) is 2.66. The summed E-state index contributed by atoms with van der Waals surface area (Å²) in [6.07, 6.45) is -0.545. The molecule has 1 unspecified atom stereocenters. The summed E-state index contributed by atoms with van der Waals surface area (Å²) in [5.41, 5.74) is 1.30. The fourth-order valence-electron chi connectivity index (χ4n) is 1.80. The Labute approximate surface area is 114 Å². The Hall–Kier alpha value is -1.24. The van der Waals surface area contributed by atoms with Gasteiger partial charge in [-0.05, 0) is 17.7 Å². The lowest BCUT2D eigenvalue weighted by Crippen LogP contribution is -2.28. The average molecular weight is 291 g/mol. The SMILES string of the molecule is OC1C=C(N(Cc2ccc(Cl)nc2)CC(F)F)CO1. The minimum Gasteiger partial charge on any atom is -0.365 e. The van der Waals surface area contributed by atoms with Crippen LogP contribution in [0, 0.1) is 0 Å². The van der Waals surface area contributed by atoms with Gasteiger partial charge in [-0.1, -0.05) is 17.7 Å². The van der Waals surface area contributed by atoms with Crippen LogP contribution in [0.2, 0.25) is 5.15 Å². The molecule has 2 rings (SSSR count). The molecule has 4 nitrogen and oxygen atoms in total. The third kappa shape index (κ3) is 4.12. The van der Waals surface area contributed by atoms with Crippen LogP contribution in [0.25, 0.3) is 0 Å². The molecular formula is C12H13ClF2N2O2. The van der Waals surface area contributed by atoms with Crippen molar-refractivity contribution in [1.29, 1.82) is 0 Å². The van der Waals surface area contributed by atoms with Gasteiger partial charge in [0.15, 0.2) is 6.29 Å². The maximum Gasteiger partial charge on any atom is 0.255 e. The normalized spacial score (nSPS) is 18.8. The van der Waals surface area contributed by atoms with E-state index in [1.165, 1.54) is 17.2 Å². The zero-order valence-corrected chi connectivity index (χ0v) is 10.7. The lowest BCUT2D eigenvalue weighted by molar-refractivity contribution is -0.0418. The molecule has 2 heterocycles. The van der Waals surface area contributed by atoms with Crippen LogP contribution in [0.5, 0.6) is 0 Å². The standard InChI is InChI=1S/C12H13ClF2N2O2/c13-10-2-1-8(4-16-10)5-17(6-11(14)15)9-3-12(18)19-7-9/h1-4,11-12,18H,5-7H2. The Kier molecular flexibility index (Phi) is 4.68. The molecule has 0 saturated heterocycles. The number of aliphatic hydroxyl groups excluding tert-OH is 1. The van der Waals surface area contributed by atoms with Gasteiger partial charge in [0.25, 0.3) is 6.43 Å². The molecule has 7 heteroatoms. The lowest BCUT2D eigenvalue weighted by atomic mass is 10.2. The lowest BCUT2D eigenvalue weighted by Gasteiger charge is -2.24. The number of pyridine rings is 1. The minimum atomic E-state index is -2.47. The first-order valence-electron chi connectivity index (χ1n) is 5.68. The quantitative estimate of drug-likeness (QED) is 0.843. The monoisotopic (exact) mass is 290 g/mol. The number of halogens is 3. The molecule has 1 aliphatic heterocycles. The summed E-state index contributed by atoms with van der Waals surface area (Å²) in [5, 5.41) is 9.59. The third-order valence-corrected chi connectivity index (χ3v) is 2.89. The second kappa shape index (κ2) is 6.27. The fourth-order valence-corrected chi connectivity index (χ4v) is 1.91. The number of aliphatic hydroxyl groups is 1. The van der Waals surface area contributed by atoms with Crippen LogP contribution < -0.4 is 0 Å². The van der Waals surface area contributed by atoms with Crippen molar-refractivity contribution in [3.63, 3.8) is 0 Å². The predicted molar refractivity (Wildman–Crippen MR) is 65.7 cm³/mol. The van der Waals surface area contributed by atoms with E-state index in [1.54, 1.807) is 12.1 Å². The second-order valence-corrected chi connectivity index (χ2v) is 4.51. The fraction of sp³-hybridized carbons (Fsp3) is 0.417. The Morgan fingerprint density at radius 1 is 1.53 bits per heavy atom. The molecular weight excluding hydrogens is 278 g/mol. The van der Waals surface area contributed by atoms with Gasteiger partial charge >= 0.3 is 0 Å². The van der Waals surface area contributed by atoms with Crippen LogP contribution in [-0.4, -0.2) is 40.9 Å². The van der Waals surface area contributed by atoms with Gasteiger partial charge in [0.05, 0.1) is 13.2 Å². The summed E-state index contributed by atoms with van der Waals surface area (Å²) in [5.74, 6) is 0. The number of rotatable bonds is 5. The number of nitrogens with zero attached hydrogens (tertiary/aromatic N) is 2. The van der Waals surface area contributed by atoms with E-state index in [4.69, 9.17) is 16.3 Å². The average Bonchev–Trinajstić information content (AvgIpc) is 2.77. The molecule has 0 saturated carbocycles. The number of hydrogen-bond acceptors (Lipinski definition) is 4. The minimum absolute atomic E-state index is 0.120. The van der Waals surface area contributed by atoms with Gasteiger partial charge in [0.1, 0.15) is 5.15 Å². The maximum absolute atomic E-state index is 12.6. The van der Waals surface area contributed by atoms with E-state index in [0.717, 1.165) is 5.56 Å². The van der Waals surface area contributed by atoms with Gasteiger partial charge in [-0.3, -0.25) is 0 Å². The van der Waals surface area contributed by atoms with Crippen molar-refractivity contribution in [3.05, 3.63) is 40.8 Å². The number of alkyl halides is 2. The molecule has 0 bridgehead atoms. The van der Waals surface area contributed by atoms with Gasteiger partial charge in [0, 0.05) is 18.4 Å². The highest BCUT2D eigenvalue weighted by molar-refractivity contribution is 6.29. The van der Waals surface area contributed by atoms with Crippen molar-refractivity contribution < 1.29 is 18.6 Å². The van der Waals surface area contributed by atoms with Crippen molar-refractivity contribution in [2.45, 2.75) is 19.3 Å². The second-order valence-electron chi connectivity index (χ2n) is 4.12. The molecule has 1 aromatic rings. The number of aromatic nitrogens is 1. The van der Waals surface area contributed by atoms with Crippen LogP contribution in [0.4, 0.5) is 8.78 Å². The summed E-state index contributed by atoms with van der Waals surface area (Å²) >= 11 is 5.67. The van der Waals surface area contributed by atoms with Crippen molar-refractivity contribution in [1.82, 2.24) is 9.88 Å². The van der Waals surface area contributed by atoms with Crippen molar-refractivity contribution >= 4 is 11.6 Å². The van der Waals surface area contributed by atoms with E-state index in [0.29, 0.717) is 10.9 Å². The molecule has 104 valence electrons. The van der Waals surface area contributed by atoms with Crippen LogP contribution >= 0.6 is 11.6 Å². The van der Waals surface area contributed by atoms with E-state index in [1.807, 2.05) is 0 Å². The van der Waals surface area contributed by atoms with Crippen molar-refractivity contribution in [3.8, 4) is 0 Å². The van der Waals surface area contributed by atoms with E-state index < -0.39 is 19.3 Å². The molecule has 1 aromatic heterocycles. The van der Waals surface area contributed by atoms with E-state index >= 15 is 0 Å². The van der Waals surface area contributed by atoms with Crippen molar-refractivity contribution in [2.75, 3.05) is 13.2 Å². The Morgan fingerprint density at radius 3 is 2.84 bits per heavy atom. The van der Waals surface area contributed by atoms with Gasteiger partial charge < -0.3 is 14.7 Å². The van der Waals surface area contributed by atoms with Crippen molar-refractivity contribution in [2.24, 2.45) is 0 Å². The van der Waals surface area contributed by atoms with E-state index in [9.17, 15) is 13.9 Å². The first-order chi connectivity index (χ1) is 9.04. The van der Waals surface area contributed by atoms with E-state index in [-0.39, 0.29) is 13.2 Å². The summed E-state index contributed by atoms with van der Waals surface area (Å²) in [6, 6.07) is 3.33. The molecule has 0 amide bonds. The Bertz CT molecular complexity index is 454. The van der Waals surface area contributed by atoms with Crippen LogP contribution in [0.3, 0.4) is 0 Å². The zero-order valence-electron chi connectivity index (χ0n) is 9.97. The summed E-state index contributed by atoms with van der Waals surface area (Å²) < 4.78 is 30.1. The molecule has 0 radical (unpaired) electrons. The molecule has 0 fully saturated rings. The largest absolute Gasteiger partial charge is 0.365 e. The summed E-state index contributed by atoms with van der Waals surface area (Å²) in [6.45, 7) is -0.0458. The number of hydrogen-bond donors (Lipinski definition) is 1. The first-order valence-corrected chi connectivity index (χ1v) is 6.06. The highest BCUT2D eigenvalue weighted by Crippen LogP contribution is 2.19. The molecule has 19 heavy (non-hydrogen) atoms. The van der Waals surface area contributed by atoms with Crippen LogP contribution in [-0.2, 0) is 11.3 Å². The van der Waals surface area contributed by atoms with Crippen LogP contribution in [0.15, 0.2) is 30.1 Å². The molecule has 1 N–H and O–H groups in total. The van der Waals surface area contributed by atoms with Gasteiger partial charge in [-0.2, -0.15) is 0 Å². The highest BCUT2D eigenvalue weighted by Gasteiger charge is 2.21. The summed E-state index contributed by atoms with van der Waals surface area (Å²) in [7, 11) is 0. The van der Waals surface area contributed by atoms with Crippen LogP contribution in [0.1, 0.15) is 5.56 Å². The topological polar surface area (TPSA) is 45.6 Å². The highest BCUT2D eigenvalue weighted by atomic mass is 35.5. The maximum atomic E-state index is 12.6. The first kappa shape index (κ1) is 14.2. The van der Waals surface area contributed by atoms with E-state index in [2.05, 4.69) is 4.98 Å². The molecule has 1 aliphatic rings. The number of ether oxygens (including phenoxy) is 1. The predicted octanol–water partition coefficient (Wildman–Crippen LogP) is 2.03. The zero-order chi connectivity index (χ0) is 13.8. The summed E-state index contributed by atoms with van der Waals surface area (Å²) in [4.78, 5) is 5.37.